The highest BCUT2D eigenvalue weighted by atomic mass is 35.5. The van der Waals surface area contributed by atoms with Gasteiger partial charge in [0.1, 0.15) is 16.7 Å². The van der Waals surface area contributed by atoms with E-state index in [-0.39, 0.29) is 12.5 Å². The highest BCUT2D eigenvalue weighted by Gasteiger charge is 2.15. The maximum atomic E-state index is 12.3. The second-order valence-electron chi connectivity index (χ2n) is 8.19. The van der Waals surface area contributed by atoms with Crippen molar-refractivity contribution in [1.82, 2.24) is 15.2 Å². The summed E-state index contributed by atoms with van der Waals surface area (Å²) >= 11 is 5.76. The Balaban J connectivity index is 1.92. The van der Waals surface area contributed by atoms with Gasteiger partial charge in [-0.15, -0.1) is 0 Å². The molecule has 1 unspecified atom stereocenters. The van der Waals surface area contributed by atoms with Gasteiger partial charge in [-0.05, 0) is 55.1 Å². The van der Waals surface area contributed by atoms with Gasteiger partial charge in [0.15, 0.2) is 0 Å². The number of benzene rings is 1. The quantitative estimate of drug-likeness (QED) is 0.443. The first kappa shape index (κ1) is 25.9. The molecule has 0 fully saturated rings. The molecule has 176 valence electrons. The SMILES string of the molecule is COc1cc(CCN(CCC(C)C)CC(O)CNC(=O)c2ccc(Cl)nc2)cc(OC)c1. The summed E-state index contributed by atoms with van der Waals surface area (Å²) in [4.78, 5) is 18.4. The largest absolute Gasteiger partial charge is 0.497 e. The predicted octanol–water partition coefficient (Wildman–Crippen LogP) is 3.43. The highest BCUT2D eigenvalue weighted by molar-refractivity contribution is 6.29. The minimum atomic E-state index is -0.689. The van der Waals surface area contributed by atoms with Gasteiger partial charge in [-0.1, -0.05) is 25.4 Å². The fourth-order valence-electron chi connectivity index (χ4n) is 3.22. The first-order chi connectivity index (χ1) is 15.3. The van der Waals surface area contributed by atoms with E-state index in [0.29, 0.717) is 23.2 Å². The average molecular weight is 464 g/mol. The second kappa shape index (κ2) is 13.3. The summed E-state index contributed by atoms with van der Waals surface area (Å²) < 4.78 is 10.7. The van der Waals surface area contributed by atoms with Crippen molar-refractivity contribution >= 4 is 17.5 Å². The number of ether oxygens (including phenoxy) is 2. The molecule has 1 aromatic carbocycles. The second-order valence-corrected chi connectivity index (χ2v) is 8.57. The van der Waals surface area contributed by atoms with E-state index in [1.807, 2.05) is 18.2 Å². The van der Waals surface area contributed by atoms with E-state index < -0.39 is 6.10 Å². The third kappa shape index (κ3) is 9.02. The number of pyridine rings is 1. The normalized spacial score (nSPS) is 12.1. The number of amides is 1. The Kier molecular flexibility index (Phi) is 10.7. The van der Waals surface area contributed by atoms with Crippen molar-refractivity contribution < 1.29 is 19.4 Å². The number of carbonyl (C=O) groups excluding carboxylic acids is 1. The van der Waals surface area contributed by atoms with Crippen LogP contribution in [0.1, 0.15) is 36.2 Å². The lowest BCUT2D eigenvalue weighted by atomic mass is 10.1. The summed E-state index contributed by atoms with van der Waals surface area (Å²) in [6.07, 6.45) is 2.55. The van der Waals surface area contributed by atoms with E-state index in [1.54, 1.807) is 26.4 Å². The third-order valence-corrected chi connectivity index (χ3v) is 5.33. The van der Waals surface area contributed by atoms with E-state index in [0.717, 1.165) is 43.0 Å². The lowest BCUT2D eigenvalue weighted by Crippen LogP contribution is -2.41. The number of methoxy groups -OCH3 is 2. The van der Waals surface area contributed by atoms with E-state index in [4.69, 9.17) is 21.1 Å². The van der Waals surface area contributed by atoms with Gasteiger partial charge in [0.05, 0.1) is 25.9 Å². The molecule has 0 saturated carbocycles. The smallest absolute Gasteiger partial charge is 0.252 e. The van der Waals surface area contributed by atoms with Crippen LogP contribution in [-0.2, 0) is 6.42 Å². The molecule has 1 amide bonds. The summed E-state index contributed by atoms with van der Waals surface area (Å²) in [5.41, 5.74) is 1.51. The summed E-state index contributed by atoms with van der Waals surface area (Å²) in [5.74, 6) is 1.79. The van der Waals surface area contributed by atoms with Crippen molar-refractivity contribution in [3.8, 4) is 11.5 Å². The molecular formula is C24H34ClN3O4. The summed E-state index contributed by atoms with van der Waals surface area (Å²) in [6, 6.07) is 9.02. The van der Waals surface area contributed by atoms with E-state index in [2.05, 4.69) is 29.0 Å². The maximum absolute atomic E-state index is 12.3. The molecule has 2 N–H and O–H groups in total. The summed E-state index contributed by atoms with van der Waals surface area (Å²) in [5, 5.41) is 13.6. The molecule has 0 aliphatic heterocycles. The maximum Gasteiger partial charge on any atom is 0.252 e. The Morgan fingerprint density at radius 3 is 2.41 bits per heavy atom. The number of aliphatic hydroxyl groups is 1. The van der Waals surface area contributed by atoms with Gasteiger partial charge in [0.2, 0.25) is 0 Å². The fourth-order valence-corrected chi connectivity index (χ4v) is 3.33. The Hall–Kier alpha value is -2.35. The lowest BCUT2D eigenvalue weighted by molar-refractivity contribution is 0.0854. The molecule has 32 heavy (non-hydrogen) atoms. The topological polar surface area (TPSA) is 83.9 Å². The van der Waals surface area contributed by atoms with Crippen LogP contribution in [-0.4, -0.2) is 67.4 Å². The van der Waals surface area contributed by atoms with Crippen LogP contribution in [0.5, 0.6) is 11.5 Å². The molecule has 1 aromatic heterocycles. The summed E-state index contributed by atoms with van der Waals surface area (Å²) in [6.45, 7) is 6.63. The van der Waals surface area contributed by atoms with Crippen molar-refractivity contribution in [3.63, 3.8) is 0 Å². The van der Waals surface area contributed by atoms with Gasteiger partial charge < -0.3 is 24.8 Å². The van der Waals surface area contributed by atoms with Crippen LogP contribution >= 0.6 is 11.6 Å². The molecule has 1 atom stereocenters. The van der Waals surface area contributed by atoms with Crippen LogP contribution in [0.25, 0.3) is 0 Å². The zero-order valence-electron chi connectivity index (χ0n) is 19.3. The number of rotatable bonds is 13. The highest BCUT2D eigenvalue weighted by Crippen LogP contribution is 2.23. The van der Waals surface area contributed by atoms with Gasteiger partial charge in [-0.25, -0.2) is 4.98 Å². The monoisotopic (exact) mass is 463 g/mol. The fraction of sp³-hybridized carbons (Fsp3) is 0.500. The minimum Gasteiger partial charge on any atom is -0.497 e. The molecule has 0 aliphatic rings. The molecule has 8 heteroatoms. The molecule has 2 aromatic rings. The van der Waals surface area contributed by atoms with Crippen LogP contribution in [0, 0.1) is 5.92 Å². The number of aromatic nitrogens is 1. The van der Waals surface area contributed by atoms with E-state index >= 15 is 0 Å². The molecule has 0 radical (unpaired) electrons. The van der Waals surface area contributed by atoms with E-state index in [1.165, 1.54) is 6.20 Å². The van der Waals surface area contributed by atoms with E-state index in [9.17, 15) is 9.90 Å². The Labute approximate surface area is 195 Å². The molecule has 1 heterocycles. The van der Waals surface area contributed by atoms with Crippen LogP contribution < -0.4 is 14.8 Å². The van der Waals surface area contributed by atoms with Crippen LogP contribution in [0.15, 0.2) is 36.5 Å². The predicted molar refractivity (Wildman–Crippen MR) is 127 cm³/mol. The van der Waals surface area contributed by atoms with Gasteiger partial charge in [-0.2, -0.15) is 0 Å². The van der Waals surface area contributed by atoms with Gasteiger partial charge in [0.25, 0.3) is 5.91 Å². The number of carbonyl (C=O) groups is 1. The Morgan fingerprint density at radius 2 is 1.84 bits per heavy atom. The molecule has 2 rings (SSSR count). The van der Waals surface area contributed by atoms with Gasteiger partial charge >= 0.3 is 0 Å². The molecule has 0 aliphatic carbocycles. The molecular weight excluding hydrogens is 430 g/mol. The number of halogens is 1. The van der Waals surface area contributed by atoms with Crippen LogP contribution in [0.3, 0.4) is 0 Å². The summed E-state index contributed by atoms with van der Waals surface area (Å²) in [7, 11) is 3.27. The van der Waals surface area contributed by atoms with Crippen molar-refractivity contribution in [2.24, 2.45) is 5.92 Å². The lowest BCUT2D eigenvalue weighted by Gasteiger charge is -2.26. The molecule has 0 spiro atoms. The van der Waals surface area contributed by atoms with Crippen molar-refractivity contribution in [1.29, 1.82) is 0 Å². The first-order valence-electron chi connectivity index (χ1n) is 10.8. The van der Waals surface area contributed by atoms with Crippen molar-refractivity contribution in [3.05, 3.63) is 52.8 Å². The van der Waals surface area contributed by atoms with Crippen molar-refractivity contribution in [2.75, 3.05) is 40.4 Å². The number of nitrogens with zero attached hydrogens (tertiary/aromatic N) is 2. The number of hydrogen-bond acceptors (Lipinski definition) is 6. The van der Waals surface area contributed by atoms with Gasteiger partial charge in [-0.3, -0.25) is 4.79 Å². The number of aliphatic hydroxyl groups excluding tert-OH is 1. The molecule has 0 saturated heterocycles. The molecule has 0 bridgehead atoms. The molecule has 7 nitrogen and oxygen atoms in total. The van der Waals surface area contributed by atoms with Crippen LogP contribution in [0.2, 0.25) is 5.15 Å². The average Bonchev–Trinajstić information content (AvgIpc) is 2.79. The first-order valence-corrected chi connectivity index (χ1v) is 11.2. The van der Waals surface area contributed by atoms with Crippen molar-refractivity contribution in [2.45, 2.75) is 32.8 Å². The third-order valence-electron chi connectivity index (χ3n) is 5.11. The minimum absolute atomic E-state index is 0.159. The standard InChI is InChI=1S/C24H34ClN3O4/c1-17(2)7-9-28(10-8-18-11-21(31-3)13-22(12-18)32-4)16-20(29)15-27-24(30)19-5-6-23(25)26-14-19/h5-6,11-14,17,20,29H,7-10,15-16H2,1-4H3,(H,27,30). The van der Waals surface area contributed by atoms with Crippen LogP contribution in [0.4, 0.5) is 0 Å². The zero-order chi connectivity index (χ0) is 23.5. The Morgan fingerprint density at radius 1 is 1.16 bits per heavy atom. The Bertz CT molecular complexity index is 823. The number of nitrogens with one attached hydrogen (secondary N) is 1. The zero-order valence-corrected chi connectivity index (χ0v) is 20.1. The number of hydrogen-bond donors (Lipinski definition) is 2. The van der Waals surface area contributed by atoms with Gasteiger partial charge in [0, 0.05) is 31.9 Å².